The van der Waals surface area contributed by atoms with Gasteiger partial charge in [0, 0.05) is 11.5 Å². The van der Waals surface area contributed by atoms with Gasteiger partial charge in [0.2, 0.25) is 5.82 Å². The standard InChI is InChI=1S/C12H15FN2O3/c1-12(2)9(6-10(12)16)14-8-5-3-4-7(13)11(8)15(17)18/h3-5,9-10,14,16H,6H2,1-2H3. The van der Waals surface area contributed by atoms with Crippen molar-refractivity contribution in [3.63, 3.8) is 0 Å². The predicted octanol–water partition coefficient (Wildman–Crippen LogP) is 2.31. The lowest BCUT2D eigenvalue weighted by Crippen LogP contribution is -2.56. The van der Waals surface area contributed by atoms with Gasteiger partial charge in [-0.1, -0.05) is 19.9 Å². The van der Waals surface area contributed by atoms with Crippen molar-refractivity contribution in [1.82, 2.24) is 0 Å². The van der Waals surface area contributed by atoms with Crippen LogP contribution < -0.4 is 5.32 Å². The number of aliphatic hydroxyl groups excluding tert-OH is 1. The fourth-order valence-corrected chi connectivity index (χ4v) is 2.15. The highest BCUT2D eigenvalue weighted by Crippen LogP contribution is 2.43. The van der Waals surface area contributed by atoms with Crippen molar-refractivity contribution in [1.29, 1.82) is 0 Å². The third-order valence-corrected chi connectivity index (χ3v) is 3.71. The molecule has 0 aromatic heterocycles. The molecule has 2 N–H and O–H groups in total. The summed E-state index contributed by atoms with van der Waals surface area (Å²) in [5, 5.41) is 23.4. The lowest BCUT2D eigenvalue weighted by Gasteiger charge is -2.49. The van der Waals surface area contributed by atoms with Crippen molar-refractivity contribution >= 4 is 11.4 Å². The van der Waals surface area contributed by atoms with Crippen molar-refractivity contribution in [2.45, 2.75) is 32.4 Å². The zero-order chi connectivity index (χ0) is 13.5. The summed E-state index contributed by atoms with van der Waals surface area (Å²) in [6, 6.07) is 3.85. The molecule has 2 atom stereocenters. The average molecular weight is 254 g/mol. The number of nitrogens with zero attached hydrogens (tertiary/aromatic N) is 1. The molecule has 1 saturated carbocycles. The summed E-state index contributed by atoms with van der Waals surface area (Å²) in [5.74, 6) is -0.859. The quantitative estimate of drug-likeness (QED) is 0.641. The van der Waals surface area contributed by atoms with Crippen molar-refractivity contribution in [2.75, 3.05) is 5.32 Å². The van der Waals surface area contributed by atoms with Crippen molar-refractivity contribution in [2.24, 2.45) is 5.41 Å². The molecule has 5 nitrogen and oxygen atoms in total. The van der Waals surface area contributed by atoms with Crippen LogP contribution in [0.25, 0.3) is 0 Å². The molecule has 6 heteroatoms. The van der Waals surface area contributed by atoms with E-state index in [9.17, 15) is 19.6 Å². The monoisotopic (exact) mass is 254 g/mol. The second-order valence-corrected chi connectivity index (χ2v) is 5.16. The van der Waals surface area contributed by atoms with Crippen LogP contribution in [-0.2, 0) is 0 Å². The van der Waals surface area contributed by atoms with Crippen LogP contribution in [0.3, 0.4) is 0 Å². The van der Waals surface area contributed by atoms with Gasteiger partial charge in [-0.25, -0.2) is 0 Å². The molecule has 1 aliphatic carbocycles. The van der Waals surface area contributed by atoms with Crippen molar-refractivity contribution in [3.05, 3.63) is 34.1 Å². The second-order valence-electron chi connectivity index (χ2n) is 5.16. The minimum absolute atomic E-state index is 0.104. The Bertz CT molecular complexity index is 490. The van der Waals surface area contributed by atoms with E-state index in [1.165, 1.54) is 12.1 Å². The zero-order valence-electron chi connectivity index (χ0n) is 10.2. The number of para-hydroxylation sites is 1. The normalized spacial score (nSPS) is 25.3. The topological polar surface area (TPSA) is 75.4 Å². The average Bonchev–Trinajstić information content (AvgIpc) is 2.28. The number of nitrogens with one attached hydrogen (secondary N) is 1. The number of nitro benzene ring substituents is 1. The lowest BCUT2D eigenvalue weighted by molar-refractivity contribution is -0.386. The Labute approximate surface area is 104 Å². The summed E-state index contributed by atoms with van der Waals surface area (Å²) in [7, 11) is 0. The van der Waals surface area contributed by atoms with Crippen LogP contribution in [0, 0.1) is 21.3 Å². The Hall–Kier alpha value is -1.69. The molecule has 1 aliphatic rings. The Morgan fingerprint density at radius 3 is 2.72 bits per heavy atom. The second kappa shape index (κ2) is 4.20. The maximum absolute atomic E-state index is 13.4. The smallest absolute Gasteiger partial charge is 0.327 e. The molecule has 98 valence electrons. The van der Waals surface area contributed by atoms with Gasteiger partial charge < -0.3 is 10.4 Å². The van der Waals surface area contributed by atoms with E-state index in [2.05, 4.69) is 5.32 Å². The fourth-order valence-electron chi connectivity index (χ4n) is 2.15. The number of hydrogen-bond acceptors (Lipinski definition) is 4. The summed E-state index contributed by atoms with van der Waals surface area (Å²) in [6.07, 6.45) is 0.0586. The van der Waals surface area contributed by atoms with E-state index in [0.29, 0.717) is 6.42 Å². The predicted molar refractivity (Wildman–Crippen MR) is 64.9 cm³/mol. The first-order chi connectivity index (χ1) is 8.34. The first-order valence-corrected chi connectivity index (χ1v) is 5.71. The number of benzene rings is 1. The molecule has 0 saturated heterocycles. The summed E-state index contributed by atoms with van der Waals surface area (Å²) in [4.78, 5) is 10.1. The molecule has 0 amide bonds. The van der Waals surface area contributed by atoms with Gasteiger partial charge in [0.05, 0.1) is 11.0 Å². The highest BCUT2D eigenvalue weighted by molar-refractivity contribution is 5.62. The largest absolute Gasteiger partial charge is 0.392 e. The number of anilines is 1. The third-order valence-electron chi connectivity index (χ3n) is 3.71. The summed E-state index contributed by atoms with van der Waals surface area (Å²) >= 11 is 0. The molecule has 0 radical (unpaired) electrons. The van der Waals surface area contributed by atoms with Crippen LogP contribution in [-0.4, -0.2) is 22.2 Å². The maximum Gasteiger partial charge on any atom is 0.327 e. The molecule has 0 bridgehead atoms. The van der Waals surface area contributed by atoms with Gasteiger partial charge >= 0.3 is 5.69 Å². The first kappa shape index (κ1) is 12.8. The number of halogens is 1. The van der Waals surface area contributed by atoms with Gasteiger partial charge in [-0.3, -0.25) is 10.1 Å². The molecule has 2 unspecified atom stereocenters. The van der Waals surface area contributed by atoms with Crippen molar-refractivity contribution in [3.8, 4) is 0 Å². The van der Waals surface area contributed by atoms with Gasteiger partial charge in [0.25, 0.3) is 0 Å². The number of nitro groups is 1. The number of hydrogen-bond donors (Lipinski definition) is 2. The van der Waals surface area contributed by atoms with E-state index in [0.717, 1.165) is 6.07 Å². The van der Waals surface area contributed by atoms with E-state index in [4.69, 9.17) is 0 Å². The van der Waals surface area contributed by atoms with E-state index in [1.54, 1.807) is 0 Å². The van der Waals surface area contributed by atoms with Crippen LogP contribution in [0.15, 0.2) is 18.2 Å². The summed E-state index contributed by atoms with van der Waals surface area (Å²) in [5.41, 5.74) is -0.764. The van der Waals surface area contributed by atoms with Gasteiger partial charge in [-0.15, -0.1) is 0 Å². The SMILES string of the molecule is CC1(C)C(O)CC1Nc1cccc(F)c1[N+](=O)[O-]. The summed E-state index contributed by atoms with van der Waals surface area (Å²) < 4.78 is 13.4. The van der Waals surface area contributed by atoms with Crippen LogP contribution in [0.4, 0.5) is 15.8 Å². The van der Waals surface area contributed by atoms with Gasteiger partial charge in [-0.05, 0) is 18.6 Å². The molecule has 18 heavy (non-hydrogen) atoms. The summed E-state index contributed by atoms with van der Waals surface area (Å²) in [6.45, 7) is 3.73. The highest BCUT2D eigenvalue weighted by Gasteiger charge is 2.47. The van der Waals surface area contributed by atoms with Gasteiger partial charge in [0.15, 0.2) is 0 Å². The molecular weight excluding hydrogens is 239 g/mol. The van der Waals surface area contributed by atoms with E-state index >= 15 is 0 Å². The van der Waals surface area contributed by atoms with E-state index < -0.39 is 22.5 Å². The Morgan fingerprint density at radius 2 is 2.22 bits per heavy atom. The van der Waals surface area contributed by atoms with Crippen LogP contribution in [0.5, 0.6) is 0 Å². The Kier molecular flexibility index (Phi) is 2.98. The zero-order valence-corrected chi connectivity index (χ0v) is 10.2. The van der Waals surface area contributed by atoms with Gasteiger partial charge in [0.1, 0.15) is 5.69 Å². The first-order valence-electron chi connectivity index (χ1n) is 5.71. The third kappa shape index (κ3) is 1.92. The molecule has 0 heterocycles. The van der Waals surface area contributed by atoms with E-state index in [-0.39, 0.29) is 17.1 Å². The molecule has 0 aliphatic heterocycles. The number of aliphatic hydroxyl groups is 1. The number of rotatable bonds is 3. The Morgan fingerprint density at radius 1 is 1.56 bits per heavy atom. The molecular formula is C12H15FN2O3. The highest BCUT2D eigenvalue weighted by atomic mass is 19.1. The molecule has 1 aromatic carbocycles. The molecule has 2 rings (SSSR count). The van der Waals surface area contributed by atoms with E-state index in [1.807, 2.05) is 13.8 Å². The van der Waals surface area contributed by atoms with Crippen LogP contribution in [0.2, 0.25) is 0 Å². The Balaban J connectivity index is 2.26. The molecule has 1 aromatic rings. The lowest BCUT2D eigenvalue weighted by atomic mass is 9.64. The van der Waals surface area contributed by atoms with Crippen LogP contribution in [0.1, 0.15) is 20.3 Å². The molecule has 0 spiro atoms. The minimum Gasteiger partial charge on any atom is -0.392 e. The van der Waals surface area contributed by atoms with Crippen LogP contribution >= 0.6 is 0 Å². The van der Waals surface area contributed by atoms with Gasteiger partial charge in [-0.2, -0.15) is 4.39 Å². The van der Waals surface area contributed by atoms with Crippen molar-refractivity contribution < 1.29 is 14.4 Å². The maximum atomic E-state index is 13.4. The fraction of sp³-hybridized carbons (Fsp3) is 0.500. The minimum atomic E-state index is -0.859. The molecule has 1 fully saturated rings.